The standard InChI is InChI=1S/C14H12N2O3/c15-11-7-9(8-17)5-6-13(11)16-12-4-2-1-3-10(12)14(18)19/h1-8,16H,15H2,(H,18,19). The van der Waals surface area contributed by atoms with E-state index in [0.29, 0.717) is 28.9 Å². The molecule has 0 heterocycles. The Bertz CT molecular complexity index is 638. The van der Waals surface area contributed by atoms with Crippen LogP contribution in [0.3, 0.4) is 0 Å². The lowest BCUT2D eigenvalue weighted by atomic mass is 10.1. The van der Waals surface area contributed by atoms with Gasteiger partial charge in [-0.1, -0.05) is 12.1 Å². The first-order valence-electron chi connectivity index (χ1n) is 5.56. The number of aldehydes is 1. The topological polar surface area (TPSA) is 92.4 Å². The van der Waals surface area contributed by atoms with Crippen molar-refractivity contribution in [3.63, 3.8) is 0 Å². The van der Waals surface area contributed by atoms with Crippen molar-refractivity contribution < 1.29 is 14.7 Å². The van der Waals surface area contributed by atoms with Crippen LogP contribution >= 0.6 is 0 Å². The first kappa shape index (κ1) is 12.6. The number of carbonyl (C=O) groups excluding carboxylic acids is 1. The van der Waals surface area contributed by atoms with Gasteiger partial charge in [-0.15, -0.1) is 0 Å². The molecule has 0 fully saturated rings. The van der Waals surface area contributed by atoms with Crippen LogP contribution in [0.4, 0.5) is 17.1 Å². The zero-order chi connectivity index (χ0) is 13.8. The molecule has 0 unspecified atom stereocenters. The molecular weight excluding hydrogens is 244 g/mol. The minimum absolute atomic E-state index is 0.154. The molecule has 96 valence electrons. The molecule has 0 aliphatic carbocycles. The Hall–Kier alpha value is -2.82. The Morgan fingerprint density at radius 1 is 1.16 bits per heavy atom. The molecule has 0 aliphatic heterocycles. The number of hydrogen-bond donors (Lipinski definition) is 3. The molecule has 2 aromatic rings. The molecule has 0 saturated carbocycles. The van der Waals surface area contributed by atoms with Crippen molar-refractivity contribution in [2.45, 2.75) is 0 Å². The fourth-order valence-corrected chi connectivity index (χ4v) is 1.69. The molecule has 0 saturated heterocycles. The highest BCUT2D eigenvalue weighted by Crippen LogP contribution is 2.26. The Labute approximate surface area is 109 Å². The average molecular weight is 256 g/mol. The monoisotopic (exact) mass is 256 g/mol. The van der Waals surface area contributed by atoms with E-state index in [1.807, 2.05) is 0 Å². The maximum atomic E-state index is 11.1. The third-order valence-corrected chi connectivity index (χ3v) is 2.64. The third-order valence-electron chi connectivity index (χ3n) is 2.64. The minimum Gasteiger partial charge on any atom is -0.478 e. The molecule has 0 bridgehead atoms. The molecule has 0 amide bonds. The largest absolute Gasteiger partial charge is 0.478 e. The number of nitrogens with one attached hydrogen (secondary N) is 1. The van der Waals surface area contributed by atoms with Gasteiger partial charge in [0.2, 0.25) is 0 Å². The summed E-state index contributed by atoms with van der Waals surface area (Å²) in [6.45, 7) is 0. The Kier molecular flexibility index (Phi) is 3.47. The predicted octanol–water partition coefficient (Wildman–Crippen LogP) is 2.52. The van der Waals surface area contributed by atoms with Gasteiger partial charge in [0.25, 0.3) is 0 Å². The van der Waals surface area contributed by atoms with Crippen LogP contribution in [0.25, 0.3) is 0 Å². The van der Waals surface area contributed by atoms with Gasteiger partial charge in [0.05, 0.1) is 22.6 Å². The number of carboxylic acids is 1. The van der Waals surface area contributed by atoms with Crippen molar-refractivity contribution in [1.82, 2.24) is 0 Å². The van der Waals surface area contributed by atoms with Crippen molar-refractivity contribution in [3.05, 3.63) is 53.6 Å². The zero-order valence-corrected chi connectivity index (χ0v) is 9.96. The molecule has 0 aliphatic rings. The summed E-state index contributed by atoms with van der Waals surface area (Å²) in [6, 6.07) is 11.3. The quantitative estimate of drug-likeness (QED) is 0.577. The Morgan fingerprint density at radius 2 is 1.89 bits per heavy atom. The fourth-order valence-electron chi connectivity index (χ4n) is 1.69. The van der Waals surface area contributed by atoms with E-state index in [1.54, 1.807) is 30.3 Å². The smallest absolute Gasteiger partial charge is 0.337 e. The minimum atomic E-state index is -1.02. The first-order valence-corrected chi connectivity index (χ1v) is 5.56. The molecule has 2 rings (SSSR count). The fraction of sp³-hybridized carbons (Fsp3) is 0. The van der Waals surface area contributed by atoms with E-state index >= 15 is 0 Å². The molecule has 0 atom stereocenters. The number of carboxylic acid groups (broad SMARTS) is 1. The summed E-state index contributed by atoms with van der Waals surface area (Å²) in [5.74, 6) is -1.02. The number of benzene rings is 2. The van der Waals surface area contributed by atoms with E-state index in [2.05, 4.69) is 5.32 Å². The number of nitrogens with two attached hydrogens (primary N) is 1. The summed E-state index contributed by atoms with van der Waals surface area (Å²) in [7, 11) is 0. The molecule has 0 spiro atoms. The number of nitrogen functional groups attached to an aromatic ring is 1. The maximum absolute atomic E-state index is 11.1. The number of hydrogen-bond acceptors (Lipinski definition) is 4. The Balaban J connectivity index is 2.36. The Morgan fingerprint density at radius 3 is 2.53 bits per heavy atom. The van der Waals surface area contributed by atoms with Crippen LogP contribution in [0, 0.1) is 0 Å². The van der Waals surface area contributed by atoms with Gasteiger partial charge in [-0.2, -0.15) is 0 Å². The van der Waals surface area contributed by atoms with Gasteiger partial charge in [-0.25, -0.2) is 4.79 Å². The van der Waals surface area contributed by atoms with Crippen LogP contribution in [0.1, 0.15) is 20.7 Å². The summed E-state index contributed by atoms with van der Waals surface area (Å²) >= 11 is 0. The van der Waals surface area contributed by atoms with Crippen molar-refractivity contribution in [2.75, 3.05) is 11.1 Å². The number of rotatable bonds is 4. The van der Waals surface area contributed by atoms with E-state index < -0.39 is 5.97 Å². The second-order valence-electron chi connectivity index (χ2n) is 3.94. The second-order valence-corrected chi connectivity index (χ2v) is 3.94. The highest BCUT2D eigenvalue weighted by molar-refractivity contribution is 5.96. The van der Waals surface area contributed by atoms with Crippen molar-refractivity contribution in [3.8, 4) is 0 Å². The molecule has 5 nitrogen and oxygen atoms in total. The summed E-state index contributed by atoms with van der Waals surface area (Å²) in [5, 5.41) is 12.0. The number of anilines is 3. The zero-order valence-electron chi connectivity index (χ0n) is 9.96. The van der Waals surface area contributed by atoms with Gasteiger partial charge in [-0.05, 0) is 30.3 Å². The second kappa shape index (κ2) is 5.22. The highest BCUT2D eigenvalue weighted by atomic mass is 16.4. The SMILES string of the molecule is Nc1cc(C=O)ccc1Nc1ccccc1C(=O)O. The maximum Gasteiger partial charge on any atom is 0.337 e. The molecule has 0 radical (unpaired) electrons. The normalized spacial score (nSPS) is 9.89. The van der Waals surface area contributed by atoms with Gasteiger partial charge in [-0.3, -0.25) is 4.79 Å². The van der Waals surface area contributed by atoms with Crippen LogP contribution in [0.15, 0.2) is 42.5 Å². The molecule has 19 heavy (non-hydrogen) atoms. The van der Waals surface area contributed by atoms with E-state index in [4.69, 9.17) is 10.8 Å². The van der Waals surface area contributed by atoms with Gasteiger partial charge in [0, 0.05) is 5.56 Å². The molecule has 5 heteroatoms. The number of para-hydroxylation sites is 1. The van der Waals surface area contributed by atoms with Gasteiger partial charge in [0.1, 0.15) is 6.29 Å². The lowest BCUT2D eigenvalue weighted by Gasteiger charge is -2.11. The van der Waals surface area contributed by atoms with Crippen LogP contribution in [-0.4, -0.2) is 17.4 Å². The lowest BCUT2D eigenvalue weighted by molar-refractivity contribution is 0.0698. The van der Waals surface area contributed by atoms with E-state index in [1.165, 1.54) is 12.1 Å². The van der Waals surface area contributed by atoms with Crippen molar-refractivity contribution in [1.29, 1.82) is 0 Å². The van der Waals surface area contributed by atoms with Crippen LogP contribution < -0.4 is 11.1 Å². The van der Waals surface area contributed by atoms with Crippen molar-refractivity contribution in [2.24, 2.45) is 0 Å². The number of aromatic carboxylic acids is 1. The summed E-state index contributed by atoms with van der Waals surface area (Å²) in [4.78, 5) is 21.7. The predicted molar refractivity (Wildman–Crippen MR) is 72.9 cm³/mol. The van der Waals surface area contributed by atoms with Gasteiger partial charge < -0.3 is 16.2 Å². The van der Waals surface area contributed by atoms with E-state index in [0.717, 1.165) is 0 Å². The van der Waals surface area contributed by atoms with Crippen LogP contribution in [-0.2, 0) is 0 Å². The van der Waals surface area contributed by atoms with Crippen LogP contribution in [0.2, 0.25) is 0 Å². The van der Waals surface area contributed by atoms with E-state index in [9.17, 15) is 9.59 Å². The van der Waals surface area contributed by atoms with Gasteiger partial charge in [0.15, 0.2) is 0 Å². The first-order chi connectivity index (χ1) is 9.11. The average Bonchev–Trinajstić information content (AvgIpc) is 2.41. The van der Waals surface area contributed by atoms with Crippen LogP contribution in [0.5, 0.6) is 0 Å². The highest BCUT2D eigenvalue weighted by Gasteiger charge is 2.10. The van der Waals surface area contributed by atoms with E-state index in [-0.39, 0.29) is 5.56 Å². The third kappa shape index (κ3) is 2.71. The molecular formula is C14H12N2O3. The summed E-state index contributed by atoms with van der Waals surface area (Å²) < 4.78 is 0. The summed E-state index contributed by atoms with van der Waals surface area (Å²) in [5.41, 5.74) is 7.80. The number of carbonyl (C=O) groups is 2. The molecule has 2 aromatic carbocycles. The van der Waals surface area contributed by atoms with Crippen molar-refractivity contribution >= 4 is 29.3 Å². The molecule has 4 N–H and O–H groups in total. The molecule has 0 aromatic heterocycles. The lowest BCUT2D eigenvalue weighted by Crippen LogP contribution is -2.04. The summed E-state index contributed by atoms with van der Waals surface area (Å²) in [6.07, 6.45) is 0.700. The van der Waals surface area contributed by atoms with Gasteiger partial charge >= 0.3 is 5.97 Å².